The van der Waals surface area contributed by atoms with Gasteiger partial charge in [-0.15, -0.1) is 0 Å². The number of methoxy groups -OCH3 is 1. The lowest BCUT2D eigenvalue weighted by atomic mass is 9.95. The number of aromatic nitrogens is 1. The van der Waals surface area contributed by atoms with Crippen molar-refractivity contribution < 1.29 is 29.0 Å². The highest BCUT2D eigenvalue weighted by Crippen LogP contribution is 2.44. The van der Waals surface area contributed by atoms with Crippen LogP contribution in [0.1, 0.15) is 45.0 Å². The van der Waals surface area contributed by atoms with Crippen molar-refractivity contribution in [3.05, 3.63) is 79.8 Å². The number of aliphatic hydroxyl groups is 1. The fourth-order valence-electron chi connectivity index (χ4n) is 4.07. The lowest BCUT2D eigenvalue weighted by Crippen LogP contribution is -2.29. The maximum absolute atomic E-state index is 13.4. The van der Waals surface area contributed by atoms with E-state index in [0.29, 0.717) is 22.6 Å². The van der Waals surface area contributed by atoms with Gasteiger partial charge in [0, 0.05) is 10.0 Å². The van der Waals surface area contributed by atoms with Crippen molar-refractivity contribution in [1.82, 2.24) is 4.98 Å². The van der Waals surface area contributed by atoms with E-state index < -0.39 is 23.7 Å². The van der Waals surface area contributed by atoms with Crippen molar-refractivity contribution in [3.8, 4) is 5.75 Å². The number of nitrogens with zero attached hydrogens (tertiary/aromatic N) is 2. The third kappa shape index (κ3) is 4.54. The Kier molecular flexibility index (Phi) is 7.28. The van der Waals surface area contributed by atoms with E-state index in [-0.39, 0.29) is 27.9 Å². The molecule has 10 heteroatoms. The first-order valence-corrected chi connectivity index (χ1v) is 12.6. The van der Waals surface area contributed by atoms with Crippen molar-refractivity contribution in [2.45, 2.75) is 26.8 Å². The summed E-state index contributed by atoms with van der Waals surface area (Å²) in [5, 5.41) is 11.5. The SMILES string of the molecule is CCOC(=O)c1sc(N2C(=O)C(=O)C(=C(O)c3ccc(OC)c(C)c3)[C@@H]2c2cccc(Br)c2)nc1C. The number of aliphatic hydroxyl groups excluding tert-OH is 1. The number of esters is 1. The van der Waals surface area contributed by atoms with Gasteiger partial charge in [-0.25, -0.2) is 9.78 Å². The van der Waals surface area contributed by atoms with Crippen LogP contribution in [0, 0.1) is 13.8 Å². The van der Waals surface area contributed by atoms with Gasteiger partial charge in [-0.2, -0.15) is 0 Å². The summed E-state index contributed by atoms with van der Waals surface area (Å²) in [4.78, 5) is 45.0. The number of carbonyl (C=O) groups excluding carboxylic acids is 3. The van der Waals surface area contributed by atoms with Crippen LogP contribution in [0.15, 0.2) is 52.5 Å². The van der Waals surface area contributed by atoms with E-state index in [4.69, 9.17) is 9.47 Å². The molecule has 1 saturated heterocycles. The van der Waals surface area contributed by atoms with Crippen molar-refractivity contribution >= 4 is 55.8 Å². The Bertz CT molecular complexity index is 1410. The normalized spacial score (nSPS) is 16.9. The van der Waals surface area contributed by atoms with Crippen LogP contribution in [0.2, 0.25) is 0 Å². The second-order valence-corrected chi connectivity index (χ2v) is 9.93. The van der Waals surface area contributed by atoms with Crippen LogP contribution >= 0.6 is 27.3 Å². The van der Waals surface area contributed by atoms with Crippen LogP contribution in [0.3, 0.4) is 0 Å². The maximum atomic E-state index is 13.4. The molecule has 1 aliphatic rings. The average Bonchev–Trinajstić information content (AvgIpc) is 3.35. The zero-order valence-corrected chi connectivity index (χ0v) is 22.4. The van der Waals surface area contributed by atoms with Gasteiger partial charge in [0.2, 0.25) is 0 Å². The molecule has 0 aliphatic carbocycles. The summed E-state index contributed by atoms with van der Waals surface area (Å²) in [6.45, 7) is 5.34. The number of ketones is 1. The number of anilines is 1. The molecular formula is C26H23BrN2O6S. The predicted octanol–water partition coefficient (Wildman–Crippen LogP) is 5.33. The number of hydrogen-bond acceptors (Lipinski definition) is 8. The molecule has 0 bridgehead atoms. The minimum absolute atomic E-state index is 0.0757. The molecule has 0 unspecified atom stereocenters. The summed E-state index contributed by atoms with van der Waals surface area (Å²) >= 11 is 4.40. The summed E-state index contributed by atoms with van der Waals surface area (Å²) in [5.41, 5.74) is 2.02. The standard InChI is InChI=1S/C26H23BrN2O6S/c1-5-35-25(33)23-14(3)28-26(36-23)29-20(15-7-6-8-17(27)12-15)19(22(31)24(29)32)21(30)16-9-10-18(34-4)13(2)11-16/h6-12,20,30H,5H2,1-4H3/t20-/m0/s1. The highest BCUT2D eigenvalue weighted by Gasteiger charge is 2.48. The Morgan fingerprint density at radius 2 is 1.94 bits per heavy atom. The van der Waals surface area contributed by atoms with Crippen LogP contribution in [0.25, 0.3) is 5.76 Å². The zero-order chi connectivity index (χ0) is 26.1. The smallest absolute Gasteiger partial charge is 0.350 e. The van der Waals surface area contributed by atoms with Gasteiger partial charge in [-0.1, -0.05) is 39.4 Å². The van der Waals surface area contributed by atoms with Gasteiger partial charge in [-0.05, 0) is 62.2 Å². The molecule has 4 rings (SSSR count). The molecule has 8 nitrogen and oxygen atoms in total. The number of ether oxygens (including phenoxy) is 2. The van der Waals surface area contributed by atoms with Crippen LogP contribution in [0.4, 0.5) is 5.13 Å². The van der Waals surface area contributed by atoms with E-state index in [9.17, 15) is 19.5 Å². The summed E-state index contributed by atoms with van der Waals surface area (Å²) in [7, 11) is 1.54. The largest absolute Gasteiger partial charge is 0.507 e. The second-order valence-electron chi connectivity index (χ2n) is 8.04. The second kappa shape index (κ2) is 10.2. The van der Waals surface area contributed by atoms with Gasteiger partial charge >= 0.3 is 11.9 Å². The van der Waals surface area contributed by atoms with E-state index in [1.54, 1.807) is 57.4 Å². The molecule has 0 saturated carbocycles. The number of benzene rings is 2. The first-order chi connectivity index (χ1) is 17.2. The van der Waals surface area contributed by atoms with E-state index in [0.717, 1.165) is 21.4 Å². The topological polar surface area (TPSA) is 106 Å². The summed E-state index contributed by atoms with van der Waals surface area (Å²) in [5.74, 6) is -1.94. The third-order valence-electron chi connectivity index (χ3n) is 5.73. The summed E-state index contributed by atoms with van der Waals surface area (Å²) in [6, 6.07) is 11.1. The molecule has 1 amide bonds. The number of hydrogen-bond donors (Lipinski definition) is 1. The minimum atomic E-state index is -0.967. The molecule has 1 N–H and O–H groups in total. The number of thiazole rings is 1. The molecular weight excluding hydrogens is 548 g/mol. The number of carbonyl (C=O) groups is 3. The molecule has 2 heterocycles. The van der Waals surface area contributed by atoms with Gasteiger partial charge in [0.1, 0.15) is 16.4 Å². The van der Waals surface area contributed by atoms with E-state index in [2.05, 4.69) is 20.9 Å². The Hall–Kier alpha value is -3.50. The van der Waals surface area contributed by atoms with Gasteiger partial charge in [0.15, 0.2) is 5.13 Å². The number of aryl methyl sites for hydroxylation is 2. The van der Waals surface area contributed by atoms with E-state index >= 15 is 0 Å². The molecule has 1 aliphatic heterocycles. The number of Topliss-reactive ketones (excluding diaryl/α,β-unsaturated/α-hetero) is 1. The van der Waals surface area contributed by atoms with Gasteiger partial charge in [0.05, 0.1) is 31.0 Å². The first kappa shape index (κ1) is 25.6. The molecule has 2 aromatic carbocycles. The molecule has 1 fully saturated rings. The Labute approximate surface area is 220 Å². The summed E-state index contributed by atoms with van der Waals surface area (Å²) < 4.78 is 11.1. The predicted molar refractivity (Wildman–Crippen MR) is 139 cm³/mol. The number of amides is 1. The Morgan fingerprint density at radius 1 is 1.19 bits per heavy atom. The Morgan fingerprint density at radius 3 is 2.58 bits per heavy atom. The number of rotatable bonds is 6. The fraction of sp³-hybridized carbons (Fsp3) is 0.231. The van der Waals surface area contributed by atoms with Crippen molar-refractivity contribution in [2.75, 3.05) is 18.6 Å². The molecule has 0 radical (unpaired) electrons. The quantitative estimate of drug-likeness (QED) is 0.184. The van der Waals surface area contributed by atoms with E-state index in [1.165, 1.54) is 4.90 Å². The van der Waals surface area contributed by atoms with Crippen LogP contribution in [0.5, 0.6) is 5.75 Å². The number of halogens is 1. The van der Waals surface area contributed by atoms with Gasteiger partial charge in [0.25, 0.3) is 5.78 Å². The first-order valence-electron chi connectivity index (χ1n) is 11.0. The lowest BCUT2D eigenvalue weighted by Gasteiger charge is -2.23. The van der Waals surface area contributed by atoms with E-state index in [1.807, 2.05) is 13.0 Å². The van der Waals surface area contributed by atoms with Gasteiger partial charge < -0.3 is 14.6 Å². The molecule has 1 aromatic heterocycles. The zero-order valence-electron chi connectivity index (χ0n) is 20.0. The lowest BCUT2D eigenvalue weighted by molar-refractivity contribution is -0.132. The third-order valence-corrected chi connectivity index (χ3v) is 7.36. The molecule has 0 spiro atoms. The van der Waals surface area contributed by atoms with Crippen molar-refractivity contribution in [1.29, 1.82) is 0 Å². The van der Waals surface area contributed by atoms with Crippen LogP contribution in [-0.2, 0) is 14.3 Å². The van der Waals surface area contributed by atoms with Crippen molar-refractivity contribution in [2.24, 2.45) is 0 Å². The highest BCUT2D eigenvalue weighted by atomic mass is 79.9. The van der Waals surface area contributed by atoms with Crippen LogP contribution < -0.4 is 9.64 Å². The fourth-order valence-corrected chi connectivity index (χ4v) is 5.48. The molecule has 3 aromatic rings. The van der Waals surface area contributed by atoms with Crippen molar-refractivity contribution in [3.63, 3.8) is 0 Å². The van der Waals surface area contributed by atoms with Crippen LogP contribution in [-0.4, -0.2) is 41.5 Å². The maximum Gasteiger partial charge on any atom is 0.350 e. The average molecular weight is 571 g/mol. The highest BCUT2D eigenvalue weighted by molar-refractivity contribution is 9.10. The van der Waals surface area contributed by atoms with Gasteiger partial charge in [-0.3, -0.25) is 14.5 Å². The monoisotopic (exact) mass is 570 g/mol. The molecule has 1 atom stereocenters. The molecule has 186 valence electrons. The summed E-state index contributed by atoms with van der Waals surface area (Å²) in [6.07, 6.45) is 0. The molecule has 36 heavy (non-hydrogen) atoms. The minimum Gasteiger partial charge on any atom is -0.507 e. The Balaban J connectivity index is 1.92.